The number of para-hydroxylation sites is 1. The van der Waals surface area contributed by atoms with Crippen molar-refractivity contribution >= 4 is 27.7 Å². The molecule has 0 aliphatic rings. The molecule has 0 spiro atoms. The van der Waals surface area contributed by atoms with Gasteiger partial charge in [-0.05, 0) is 37.5 Å². The molecule has 2 aromatic carbocycles. The Morgan fingerprint density at radius 1 is 1.08 bits per heavy atom. The van der Waals surface area contributed by atoms with Gasteiger partial charge in [0.25, 0.3) is 0 Å². The van der Waals surface area contributed by atoms with Gasteiger partial charge in [-0.1, -0.05) is 36.4 Å². The number of H-pyrrole nitrogens is 1. The minimum Gasteiger partial charge on any atom is -0.493 e. The van der Waals surface area contributed by atoms with Gasteiger partial charge in [-0.2, -0.15) is 0 Å². The Balaban J connectivity index is 1.53. The molecule has 0 unspecified atom stereocenters. The summed E-state index contributed by atoms with van der Waals surface area (Å²) >= 11 is 0. The smallest absolute Gasteiger partial charge is 0.247 e. The van der Waals surface area contributed by atoms with Crippen molar-refractivity contribution in [2.45, 2.75) is 25.7 Å². The Morgan fingerprint density at radius 2 is 1.92 bits per heavy atom. The lowest BCUT2D eigenvalue weighted by atomic mass is 10.1. The number of fused-ring (bicyclic) bond motifs is 3. The number of carbonyl (C=O) groups is 1. The molecule has 130 valence electrons. The van der Waals surface area contributed by atoms with Crippen LogP contribution >= 0.6 is 0 Å². The highest BCUT2D eigenvalue weighted by molar-refractivity contribution is 6.10. The molecule has 0 radical (unpaired) electrons. The number of hydroxylamine groups is 1. The molecule has 25 heavy (non-hydrogen) atoms. The predicted octanol–water partition coefficient (Wildman–Crippen LogP) is 4.32. The maximum atomic E-state index is 10.8. The second-order valence-electron chi connectivity index (χ2n) is 5.90. The Morgan fingerprint density at radius 3 is 2.80 bits per heavy atom. The third-order valence-electron chi connectivity index (χ3n) is 4.11. The van der Waals surface area contributed by atoms with Crippen molar-refractivity contribution in [3.63, 3.8) is 0 Å². The molecular weight excluding hydrogens is 316 g/mol. The van der Waals surface area contributed by atoms with E-state index in [2.05, 4.69) is 23.2 Å². The third-order valence-corrected chi connectivity index (χ3v) is 4.11. The third kappa shape index (κ3) is 4.19. The molecule has 0 atom stereocenters. The van der Waals surface area contributed by atoms with Gasteiger partial charge < -0.3 is 9.72 Å². The number of ether oxygens (including phenoxy) is 1. The van der Waals surface area contributed by atoms with Crippen molar-refractivity contribution in [3.8, 4) is 5.75 Å². The van der Waals surface area contributed by atoms with Gasteiger partial charge in [-0.15, -0.1) is 0 Å². The minimum absolute atomic E-state index is 0.204. The molecule has 0 saturated heterocycles. The highest BCUT2D eigenvalue weighted by Gasteiger charge is 2.08. The van der Waals surface area contributed by atoms with E-state index in [1.165, 1.54) is 5.39 Å². The van der Waals surface area contributed by atoms with Gasteiger partial charge >= 0.3 is 0 Å². The Bertz CT molecular complexity index is 883. The summed E-state index contributed by atoms with van der Waals surface area (Å²) in [6.45, 7) is 0.656. The van der Waals surface area contributed by atoms with Crippen LogP contribution in [-0.4, -0.2) is 22.7 Å². The topological polar surface area (TPSA) is 74.4 Å². The first-order chi connectivity index (χ1) is 12.3. The molecule has 5 nitrogen and oxygen atoms in total. The molecule has 0 bridgehead atoms. The quantitative estimate of drug-likeness (QED) is 0.248. The molecule has 3 rings (SSSR count). The van der Waals surface area contributed by atoms with Gasteiger partial charge in [0.1, 0.15) is 5.75 Å². The first kappa shape index (κ1) is 17.0. The fraction of sp³-hybridized carbons (Fsp3) is 0.250. The summed E-state index contributed by atoms with van der Waals surface area (Å²) in [6.07, 6.45) is 6.74. The molecule has 1 amide bonds. The summed E-state index contributed by atoms with van der Waals surface area (Å²) in [5.74, 6) is 0.511. The normalized spacial score (nSPS) is 11.4. The summed E-state index contributed by atoms with van der Waals surface area (Å²) in [6, 6.07) is 14.3. The number of carbonyl (C=O) groups excluding carboxylic acids is 1. The van der Waals surface area contributed by atoms with Crippen molar-refractivity contribution in [2.75, 3.05) is 6.61 Å². The van der Waals surface area contributed by atoms with Crippen molar-refractivity contribution in [1.29, 1.82) is 0 Å². The largest absolute Gasteiger partial charge is 0.493 e. The molecule has 0 fully saturated rings. The van der Waals surface area contributed by atoms with Gasteiger partial charge in [0.05, 0.1) is 12.1 Å². The first-order valence-electron chi connectivity index (χ1n) is 8.50. The van der Waals surface area contributed by atoms with Crippen LogP contribution in [0.5, 0.6) is 5.75 Å². The number of aromatic amines is 1. The number of unbranched alkanes of at least 4 members (excludes halogenated alkanes) is 2. The van der Waals surface area contributed by atoms with E-state index < -0.39 is 5.91 Å². The molecule has 5 heteroatoms. The summed E-state index contributed by atoms with van der Waals surface area (Å²) in [7, 11) is 0. The second kappa shape index (κ2) is 8.35. The Kier molecular flexibility index (Phi) is 5.69. The lowest BCUT2D eigenvalue weighted by Crippen LogP contribution is -2.16. The maximum Gasteiger partial charge on any atom is 0.247 e. The molecule has 1 aromatic heterocycles. The number of allylic oxidation sites excluding steroid dienone is 1. The van der Waals surface area contributed by atoms with Gasteiger partial charge in [0, 0.05) is 22.7 Å². The van der Waals surface area contributed by atoms with E-state index >= 15 is 0 Å². The highest BCUT2D eigenvalue weighted by atomic mass is 16.5. The van der Waals surface area contributed by atoms with Gasteiger partial charge in [0.15, 0.2) is 0 Å². The van der Waals surface area contributed by atoms with Crippen LogP contribution < -0.4 is 10.2 Å². The Hall–Kier alpha value is -2.79. The van der Waals surface area contributed by atoms with Crippen LogP contribution in [0.4, 0.5) is 0 Å². The summed E-state index contributed by atoms with van der Waals surface area (Å²) in [5.41, 5.74) is 3.81. The van der Waals surface area contributed by atoms with E-state index in [0.717, 1.165) is 41.4 Å². The van der Waals surface area contributed by atoms with Crippen LogP contribution in [0.1, 0.15) is 25.7 Å². The number of hydrogen-bond acceptors (Lipinski definition) is 3. The van der Waals surface area contributed by atoms with Crippen molar-refractivity contribution in [2.24, 2.45) is 0 Å². The summed E-state index contributed by atoms with van der Waals surface area (Å²) in [4.78, 5) is 14.3. The van der Waals surface area contributed by atoms with E-state index in [4.69, 9.17) is 9.94 Å². The molecule has 3 N–H and O–H groups in total. The first-order valence-corrected chi connectivity index (χ1v) is 8.50. The fourth-order valence-corrected chi connectivity index (χ4v) is 2.89. The molecule has 0 aliphatic heterocycles. The average molecular weight is 338 g/mol. The molecular formula is C20H22N2O3. The monoisotopic (exact) mass is 338 g/mol. The van der Waals surface area contributed by atoms with Crippen molar-refractivity contribution in [1.82, 2.24) is 10.5 Å². The van der Waals surface area contributed by atoms with Crippen LogP contribution in [0.25, 0.3) is 21.8 Å². The zero-order chi connectivity index (χ0) is 17.5. The number of amides is 1. The van der Waals surface area contributed by atoms with E-state index in [1.54, 1.807) is 11.6 Å². The van der Waals surface area contributed by atoms with Gasteiger partial charge in [-0.3, -0.25) is 10.0 Å². The van der Waals surface area contributed by atoms with Gasteiger partial charge in [-0.25, -0.2) is 5.48 Å². The van der Waals surface area contributed by atoms with Crippen LogP contribution in [0.15, 0.2) is 54.6 Å². The lowest BCUT2D eigenvalue weighted by Gasteiger charge is -2.07. The number of aromatic nitrogens is 1. The zero-order valence-electron chi connectivity index (χ0n) is 14.0. The maximum absolute atomic E-state index is 10.8. The predicted molar refractivity (Wildman–Crippen MR) is 98.8 cm³/mol. The van der Waals surface area contributed by atoms with Crippen molar-refractivity contribution < 1.29 is 14.7 Å². The standard InChI is InChI=1S/C20H22N2O3/c23-19(22-24)13-4-2-1-3-7-14-25-18-12-8-11-17-20(18)15-9-5-6-10-16(15)21-17/h2,4-6,8-12,21,24H,1,3,7,13-14H2,(H,22,23)/b4-2+. The van der Waals surface area contributed by atoms with Crippen LogP contribution in [-0.2, 0) is 4.79 Å². The zero-order valence-corrected chi connectivity index (χ0v) is 14.0. The lowest BCUT2D eigenvalue weighted by molar-refractivity contribution is -0.128. The van der Waals surface area contributed by atoms with E-state index in [1.807, 2.05) is 30.3 Å². The summed E-state index contributed by atoms with van der Waals surface area (Å²) < 4.78 is 6.01. The Labute approximate surface area is 146 Å². The fourth-order valence-electron chi connectivity index (χ4n) is 2.89. The molecule has 3 aromatic rings. The summed E-state index contributed by atoms with van der Waals surface area (Å²) in [5, 5.41) is 10.7. The van der Waals surface area contributed by atoms with Crippen molar-refractivity contribution in [3.05, 3.63) is 54.6 Å². The second-order valence-corrected chi connectivity index (χ2v) is 5.90. The van der Waals surface area contributed by atoms with Crippen LogP contribution in [0.3, 0.4) is 0 Å². The number of hydrogen-bond donors (Lipinski definition) is 3. The average Bonchev–Trinajstić information content (AvgIpc) is 3.03. The highest BCUT2D eigenvalue weighted by Crippen LogP contribution is 2.32. The van der Waals surface area contributed by atoms with Gasteiger partial charge in [0.2, 0.25) is 5.91 Å². The van der Waals surface area contributed by atoms with E-state index in [9.17, 15) is 4.79 Å². The SMILES string of the molecule is O=C(C/C=C/CCCCOc1cccc2[nH]c3ccccc3c12)NO. The molecule has 1 heterocycles. The van der Waals surface area contributed by atoms with Crippen LogP contribution in [0.2, 0.25) is 0 Å². The number of nitrogens with one attached hydrogen (secondary N) is 2. The molecule has 0 aliphatic carbocycles. The number of rotatable bonds is 8. The van der Waals surface area contributed by atoms with E-state index in [-0.39, 0.29) is 6.42 Å². The van der Waals surface area contributed by atoms with Crippen LogP contribution in [0, 0.1) is 0 Å². The minimum atomic E-state index is -0.397. The number of benzene rings is 2. The van der Waals surface area contributed by atoms with E-state index in [0.29, 0.717) is 6.61 Å². The molecule has 0 saturated carbocycles.